The molecule has 7 nitrogen and oxygen atoms in total. The van der Waals surface area contributed by atoms with Crippen molar-refractivity contribution in [1.29, 1.82) is 0 Å². The van der Waals surface area contributed by atoms with E-state index < -0.39 is 17.8 Å². The first-order chi connectivity index (χ1) is 17.4. The van der Waals surface area contributed by atoms with Crippen molar-refractivity contribution in [3.8, 4) is 0 Å². The third kappa shape index (κ3) is 6.62. The number of amides is 3. The van der Waals surface area contributed by atoms with Crippen LogP contribution in [0.4, 0.5) is 9.18 Å². The Bertz CT molecular complexity index is 1050. The lowest BCUT2D eigenvalue weighted by Gasteiger charge is -2.32. The van der Waals surface area contributed by atoms with Crippen LogP contribution in [0.15, 0.2) is 48.5 Å². The maximum Gasteiger partial charge on any atom is 0.407 e. The minimum absolute atomic E-state index is 0.00104. The van der Waals surface area contributed by atoms with E-state index in [1.165, 1.54) is 24.3 Å². The van der Waals surface area contributed by atoms with E-state index in [1.54, 1.807) is 0 Å². The first-order valence-corrected chi connectivity index (χ1v) is 12.8. The summed E-state index contributed by atoms with van der Waals surface area (Å²) in [6.45, 7) is 0.186. The quantitative estimate of drug-likeness (QED) is 0.497. The van der Waals surface area contributed by atoms with Crippen LogP contribution in [0, 0.1) is 11.7 Å². The smallest absolute Gasteiger partial charge is 0.407 e. The van der Waals surface area contributed by atoms with Gasteiger partial charge in [-0.3, -0.25) is 9.59 Å². The number of halogens is 1. The van der Waals surface area contributed by atoms with E-state index >= 15 is 0 Å². The van der Waals surface area contributed by atoms with Crippen LogP contribution in [0.25, 0.3) is 0 Å². The molecule has 2 fully saturated rings. The largest absolute Gasteiger partial charge is 0.445 e. The predicted octanol–water partition coefficient (Wildman–Crippen LogP) is 4.61. The van der Waals surface area contributed by atoms with Crippen molar-refractivity contribution in [3.63, 3.8) is 0 Å². The second-order valence-electron chi connectivity index (χ2n) is 9.84. The molecule has 0 heterocycles. The van der Waals surface area contributed by atoms with Gasteiger partial charge in [0.05, 0.1) is 0 Å². The fourth-order valence-electron chi connectivity index (χ4n) is 5.36. The van der Waals surface area contributed by atoms with Crippen molar-refractivity contribution in [2.45, 2.75) is 76.0 Å². The van der Waals surface area contributed by atoms with E-state index in [0.29, 0.717) is 12.0 Å². The van der Waals surface area contributed by atoms with E-state index in [0.717, 1.165) is 56.1 Å². The molecular formula is C28H34FN3O4. The van der Waals surface area contributed by atoms with Gasteiger partial charge in [0.2, 0.25) is 11.8 Å². The van der Waals surface area contributed by atoms with Crippen molar-refractivity contribution in [3.05, 3.63) is 71.0 Å². The summed E-state index contributed by atoms with van der Waals surface area (Å²) in [5.74, 6) is -1.65. The van der Waals surface area contributed by atoms with E-state index in [2.05, 4.69) is 10.6 Å². The number of benzene rings is 2. The van der Waals surface area contributed by atoms with Gasteiger partial charge in [-0.25, -0.2) is 9.18 Å². The molecule has 192 valence electrons. The molecule has 4 N–H and O–H groups in total. The van der Waals surface area contributed by atoms with Crippen LogP contribution >= 0.6 is 0 Å². The summed E-state index contributed by atoms with van der Waals surface area (Å²) in [7, 11) is 0. The van der Waals surface area contributed by atoms with Crippen LogP contribution in [-0.2, 0) is 20.9 Å². The molecule has 36 heavy (non-hydrogen) atoms. The Morgan fingerprint density at radius 1 is 0.917 bits per heavy atom. The normalized spacial score (nSPS) is 20.9. The third-order valence-corrected chi connectivity index (χ3v) is 7.33. The van der Waals surface area contributed by atoms with Crippen LogP contribution in [-0.4, -0.2) is 23.9 Å². The molecule has 2 aliphatic rings. The van der Waals surface area contributed by atoms with Gasteiger partial charge in [-0.15, -0.1) is 0 Å². The number of ether oxygens (including phenoxy) is 1. The zero-order chi connectivity index (χ0) is 25.5. The van der Waals surface area contributed by atoms with Gasteiger partial charge >= 0.3 is 6.09 Å². The summed E-state index contributed by atoms with van der Waals surface area (Å²) in [4.78, 5) is 37.4. The molecular weight excluding hydrogens is 461 g/mol. The Morgan fingerprint density at radius 3 is 2.22 bits per heavy atom. The van der Waals surface area contributed by atoms with Crippen molar-refractivity contribution in [1.82, 2.24) is 10.6 Å². The Morgan fingerprint density at radius 2 is 1.56 bits per heavy atom. The van der Waals surface area contributed by atoms with Crippen molar-refractivity contribution in [2.75, 3.05) is 0 Å². The molecule has 2 aromatic rings. The highest BCUT2D eigenvalue weighted by Crippen LogP contribution is 2.38. The van der Waals surface area contributed by atoms with Crippen LogP contribution < -0.4 is 16.4 Å². The highest BCUT2D eigenvalue weighted by molar-refractivity contribution is 5.89. The standard InChI is InChI=1S/C28H34FN3O4/c29-21-15-13-20(14-16-21)25(26(30)33)32-27(34)24-8-4-3-7-23(24)19-11-9-18(10-12-19)17-36-28(35)31-22-5-1-2-6-22/h9-16,22-25H,1-8,17H2,(H2,30,33)(H,31,35)(H,32,34). The minimum Gasteiger partial charge on any atom is -0.445 e. The number of carbonyl (C=O) groups excluding carboxylic acids is 3. The molecule has 8 heteroatoms. The van der Waals surface area contributed by atoms with Crippen LogP contribution in [0.3, 0.4) is 0 Å². The van der Waals surface area contributed by atoms with Gasteiger partial charge in [0.25, 0.3) is 0 Å². The molecule has 4 rings (SSSR count). The highest BCUT2D eigenvalue weighted by atomic mass is 19.1. The summed E-state index contributed by atoms with van der Waals surface area (Å²) in [5, 5.41) is 5.71. The maximum absolute atomic E-state index is 13.3. The van der Waals surface area contributed by atoms with Gasteiger partial charge in [0, 0.05) is 12.0 Å². The predicted molar refractivity (Wildman–Crippen MR) is 133 cm³/mol. The second-order valence-corrected chi connectivity index (χ2v) is 9.84. The van der Waals surface area contributed by atoms with Crippen LogP contribution in [0.2, 0.25) is 0 Å². The number of hydrogen-bond donors (Lipinski definition) is 3. The van der Waals surface area contributed by atoms with Gasteiger partial charge in [0.1, 0.15) is 18.5 Å². The maximum atomic E-state index is 13.3. The Hall–Kier alpha value is -3.42. The molecule has 2 aromatic carbocycles. The van der Waals surface area contributed by atoms with E-state index in [9.17, 15) is 18.8 Å². The molecule has 0 aromatic heterocycles. The number of nitrogens with two attached hydrogens (primary N) is 1. The van der Waals surface area contributed by atoms with Crippen molar-refractivity contribution < 1.29 is 23.5 Å². The van der Waals surface area contributed by atoms with Gasteiger partial charge in [0.15, 0.2) is 0 Å². The van der Waals surface area contributed by atoms with Crippen molar-refractivity contribution in [2.24, 2.45) is 11.7 Å². The molecule has 0 spiro atoms. The number of nitrogens with one attached hydrogen (secondary N) is 2. The van der Waals surface area contributed by atoms with Gasteiger partial charge < -0.3 is 21.1 Å². The number of alkyl carbamates (subject to hydrolysis) is 1. The van der Waals surface area contributed by atoms with Crippen LogP contribution in [0.5, 0.6) is 0 Å². The van der Waals surface area contributed by atoms with Gasteiger partial charge in [-0.1, -0.05) is 62.1 Å². The first-order valence-electron chi connectivity index (χ1n) is 12.8. The average molecular weight is 496 g/mol. The summed E-state index contributed by atoms with van der Waals surface area (Å²) < 4.78 is 18.7. The first kappa shape index (κ1) is 25.7. The Labute approximate surface area is 211 Å². The average Bonchev–Trinajstić information content (AvgIpc) is 3.40. The third-order valence-electron chi connectivity index (χ3n) is 7.33. The van der Waals surface area contributed by atoms with E-state index in [4.69, 9.17) is 10.5 Å². The van der Waals surface area contributed by atoms with Gasteiger partial charge in [-0.05, 0) is 60.4 Å². The zero-order valence-electron chi connectivity index (χ0n) is 20.4. The van der Waals surface area contributed by atoms with Gasteiger partial charge in [-0.2, -0.15) is 0 Å². The summed E-state index contributed by atoms with van der Waals surface area (Å²) in [6.07, 6.45) is 7.40. The molecule has 0 bridgehead atoms. The monoisotopic (exact) mass is 495 g/mol. The molecule has 0 saturated heterocycles. The summed E-state index contributed by atoms with van der Waals surface area (Å²) >= 11 is 0. The Balaban J connectivity index is 1.37. The molecule has 2 aliphatic carbocycles. The van der Waals surface area contributed by atoms with Crippen LogP contribution in [0.1, 0.15) is 80.0 Å². The lowest BCUT2D eigenvalue weighted by molar-refractivity contribution is -0.131. The number of carbonyl (C=O) groups is 3. The topological polar surface area (TPSA) is 111 Å². The van der Waals surface area contributed by atoms with E-state index in [1.807, 2.05) is 24.3 Å². The molecule has 0 aliphatic heterocycles. The Kier molecular flexibility index (Phi) is 8.57. The lowest BCUT2D eigenvalue weighted by Crippen LogP contribution is -2.42. The minimum atomic E-state index is -1.02. The highest BCUT2D eigenvalue weighted by Gasteiger charge is 2.34. The molecule has 3 unspecified atom stereocenters. The summed E-state index contributed by atoms with van der Waals surface area (Å²) in [5.41, 5.74) is 7.92. The summed E-state index contributed by atoms with van der Waals surface area (Å²) in [6, 6.07) is 12.4. The molecule has 3 amide bonds. The lowest BCUT2D eigenvalue weighted by atomic mass is 9.74. The SMILES string of the molecule is NC(=O)C(NC(=O)C1CCCCC1c1ccc(COC(=O)NC2CCCC2)cc1)c1ccc(F)cc1. The number of rotatable bonds is 8. The number of hydrogen-bond acceptors (Lipinski definition) is 4. The fourth-order valence-corrected chi connectivity index (χ4v) is 5.36. The zero-order valence-corrected chi connectivity index (χ0v) is 20.4. The fraction of sp³-hybridized carbons (Fsp3) is 0.464. The van der Waals surface area contributed by atoms with E-state index in [-0.39, 0.29) is 36.5 Å². The molecule has 0 radical (unpaired) electrons. The number of primary amides is 1. The molecule has 3 atom stereocenters. The van der Waals surface area contributed by atoms with Crippen molar-refractivity contribution >= 4 is 17.9 Å². The second kappa shape index (κ2) is 12.0. The molecule has 2 saturated carbocycles.